The van der Waals surface area contributed by atoms with Crippen LogP contribution >= 0.6 is 0 Å². The second-order valence-corrected chi connectivity index (χ2v) is 1.97. The summed E-state index contributed by atoms with van der Waals surface area (Å²) in [5, 5.41) is 0. The van der Waals surface area contributed by atoms with Gasteiger partial charge in [-0.1, -0.05) is 30.9 Å². The summed E-state index contributed by atoms with van der Waals surface area (Å²) >= 11 is 0. The van der Waals surface area contributed by atoms with Crippen molar-refractivity contribution < 1.29 is 13.2 Å². The Morgan fingerprint density at radius 3 is 2.18 bits per heavy atom. The van der Waals surface area contributed by atoms with Crippen LogP contribution < -0.4 is 0 Å². The van der Waals surface area contributed by atoms with E-state index in [9.17, 15) is 13.2 Å². The zero-order valence-corrected chi connectivity index (χ0v) is 6.15. The summed E-state index contributed by atoms with van der Waals surface area (Å²) in [6, 6.07) is 0. The number of halogens is 3. The highest BCUT2D eigenvalue weighted by atomic mass is 19.4. The quantitative estimate of drug-likeness (QED) is 0.547. The van der Waals surface area contributed by atoms with Crippen LogP contribution in [0.3, 0.4) is 0 Å². The van der Waals surface area contributed by atoms with Crippen molar-refractivity contribution in [3.63, 3.8) is 0 Å². The maximum absolute atomic E-state index is 11.7. The summed E-state index contributed by atoms with van der Waals surface area (Å²) in [6.45, 7) is 4.34. The van der Waals surface area contributed by atoms with Gasteiger partial charge in [0.25, 0.3) is 0 Å². The van der Waals surface area contributed by atoms with Gasteiger partial charge in [-0.05, 0) is 6.92 Å². The van der Waals surface area contributed by atoms with Crippen molar-refractivity contribution >= 4 is 0 Å². The number of alkyl halides is 3. The minimum absolute atomic E-state index is 0.615. The van der Waals surface area contributed by atoms with Gasteiger partial charge in [0.1, 0.15) is 0 Å². The Kier molecular flexibility index (Phi) is 3.65. The molecule has 0 aromatic carbocycles. The Morgan fingerprint density at radius 1 is 1.27 bits per heavy atom. The predicted molar refractivity (Wildman–Crippen MR) is 39.1 cm³/mol. The van der Waals surface area contributed by atoms with Gasteiger partial charge < -0.3 is 0 Å². The number of hydrogen-bond donors (Lipinski definition) is 0. The van der Waals surface area contributed by atoms with Crippen LogP contribution in [0, 0.1) is 0 Å². The van der Waals surface area contributed by atoms with E-state index >= 15 is 0 Å². The molecule has 62 valence electrons. The molecule has 0 fully saturated rings. The van der Waals surface area contributed by atoms with Crippen LogP contribution in [0.15, 0.2) is 36.5 Å². The van der Waals surface area contributed by atoms with Crippen LogP contribution in [-0.4, -0.2) is 6.18 Å². The Morgan fingerprint density at radius 2 is 1.82 bits per heavy atom. The lowest BCUT2D eigenvalue weighted by Crippen LogP contribution is -2.08. The molecular formula is C8H9F3. The highest BCUT2D eigenvalue weighted by Gasteiger charge is 2.29. The van der Waals surface area contributed by atoms with E-state index in [0.717, 1.165) is 13.0 Å². The average Bonchev–Trinajstić information content (AvgIpc) is 1.86. The van der Waals surface area contributed by atoms with E-state index in [0.29, 0.717) is 0 Å². The lowest BCUT2D eigenvalue weighted by atomic mass is 10.2. The molecule has 0 saturated heterocycles. The van der Waals surface area contributed by atoms with Crippen molar-refractivity contribution in [2.24, 2.45) is 0 Å². The molecule has 0 spiro atoms. The largest absolute Gasteiger partial charge is 0.412 e. The molecule has 0 aliphatic carbocycles. The van der Waals surface area contributed by atoms with Crippen LogP contribution in [0.1, 0.15) is 6.92 Å². The molecule has 0 amide bonds. The molecule has 0 aliphatic heterocycles. The highest BCUT2D eigenvalue weighted by Crippen LogP contribution is 2.24. The standard InChI is InChI=1S/C8H9F3/c1-3-4-5-6-7(2)8(9,10)11/h3-6H,1H2,2H3/b5-4?,7-6+. The molecule has 0 unspecified atom stereocenters. The Hall–Kier alpha value is -0.990. The van der Waals surface area contributed by atoms with E-state index in [4.69, 9.17) is 0 Å². The van der Waals surface area contributed by atoms with Crippen LogP contribution in [0.4, 0.5) is 13.2 Å². The van der Waals surface area contributed by atoms with Gasteiger partial charge in [-0.2, -0.15) is 13.2 Å². The molecule has 0 radical (unpaired) electrons. The molecule has 0 N–H and O–H groups in total. The monoisotopic (exact) mass is 162 g/mol. The van der Waals surface area contributed by atoms with Crippen molar-refractivity contribution in [3.8, 4) is 0 Å². The first-order valence-corrected chi connectivity index (χ1v) is 3.01. The zero-order valence-electron chi connectivity index (χ0n) is 6.15. The molecule has 0 aromatic rings. The Balaban J connectivity index is 4.23. The predicted octanol–water partition coefficient (Wildman–Crippen LogP) is 3.24. The van der Waals surface area contributed by atoms with Crippen LogP contribution in [0.2, 0.25) is 0 Å². The Bertz CT molecular complexity index is 184. The summed E-state index contributed by atoms with van der Waals surface area (Å²) in [6.07, 6.45) is 0.943. The van der Waals surface area contributed by atoms with Gasteiger partial charge in [0.2, 0.25) is 0 Å². The molecule has 0 rings (SSSR count). The van der Waals surface area contributed by atoms with Crippen LogP contribution in [0.25, 0.3) is 0 Å². The van der Waals surface area contributed by atoms with Gasteiger partial charge in [0.05, 0.1) is 0 Å². The molecule has 0 atom stereocenters. The third-order valence-corrected chi connectivity index (χ3v) is 1.04. The minimum atomic E-state index is -4.22. The van der Waals surface area contributed by atoms with Crippen LogP contribution in [-0.2, 0) is 0 Å². The summed E-state index contributed by atoms with van der Waals surface area (Å²) in [5.74, 6) is 0. The fraction of sp³-hybridized carbons (Fsp3) is 0.250. The maximum Gasteiger partial charge on any atom is 0.412 e. The third-order valence-electron chi connectivity index (χ3n) is 1.04. The van der Waals surface area contributed by atoms with Crippen molar-refractivity contribution in [1.29, 1.82) is 0 Å². The Labute approximate surface area is 63.7 Å². The van der Waals surface area contributed by atoms with Gasteiger partial charge in [-0.15, -0.1) is 0 Å². The normalized spacial score (nSPS) is 14.0. The number of allylic oxidation sites excluding steroid dienone is 5. The van der Waals surface area contributed by atoms with E-state index in [1.54, 1.807) is 0 Å². The molecule has 0 aromatic heterocycles. The van der Waals surface area contributed by atoms with Gasteiger partial charge in [0.15, 0.2) is 0 Å². The average molecular weight is 162 g/mol. The van der Waals surface area contributed by atoms with Gasteiger partial charge in [-0.3, -0.25) is 0 Å². The topological polar surface area (TPSA) is 0 Å². The second kappa shape index (κ2) is 4.01. The molecule has 3 heteroatoms. The maximum atomic E-state index is 11.7. The molecule has 0 heterocycles. The van der Waals surface area contributed by atoms with E-state index in [1.807, 2.05) is 0 Å². The second-order valence-electron chi connectivity index (χ2n) is 1.97. The fourth-order valence-corrected chi connectivity index (χ4v) is 0.373. The molecular weight excluding hydrogens is 153 g/mol. The van der Waals surface area contributed by atoms with E-state index in [2.05, 4.69) is 6.58 Å². The van der Waals surface area contributed by atoms with E-state index < -0.39 is 11.7 Å². The first-order valence-electron chi connectivity index (χ1n) is 3.01. The van der Waals surface area contributed by atoms with Crippen LogP contribution in [0.5, 0.6) is 0 Å². The van der Waals surface area contributed by atoms with E-state index in [-0.39, 0.29) is 0 Å². The molecule has 0 aliphatic rings. The summed E-state index contributed by atoms with van der Waals surface area (Å²) in [5.41, 5.74) is -0.615. The lowest BCUT2D eigenvalue weighted by molar-refractivity contribution is -0.0912. The summed E-state index contributed by atoms with van der Waals surface area (Å²) in [7, 11) is 0. The summed E-state index contributed by atoms with van der Waals surface area (Å²) < 4.78 is 35.2. The molecule has 0 bridgehead atoms. The number of hydrogen-bond acceptors (Lipinski definition) is 0. The molecule has 0 saturated carbocycles. The first-order chi connectivity index (χ1) is 4.98. The number of rotatable bonds is 2. The zero-order chi connectivity index (χ0) is 8.91. The smallest absolute Gasteiger partial charge is 0.166 e. The van der Waals surface area contributed by atoms with E-state index in [1.165, 1.54) is 18.2 Å². The van der Waals surface area contributed by atoms with Crippen molar-refractivity contribution in [2.45, 2.75) is 13.1 Å². The van der Waals surface area contributed by atoms with Crippen molar-refractivity contribution in [3.05, 3.63) is 36.5 Å². The van der Waals surface area contributed by atoms with Gasteiger partial charge in [-0.25, -0.2) is 0 Å². The fourth-order valence-electron chi connectivity index (χ4n) is 0.373. The first kappa shape index (κ1) is 10.0. The van der Waals surface area contributed by atoms with Crippen molar-refractivity contribution in [1.82, 2.24) is 0 Å². The van der Waals surface area contributed by atoms with Crippen molar-refractivity contribution in [2.75, 3.05) is 0 Å². The SMILES string of the molecule is C=CC=C/C=C(\C)C(F)(F)F. The lowest BCUT2D eigenvalue weighted by Gasteiger charge is -2.03. The molecule has 11 heavy (non-hydrogen) atoms. The molecule has 0 nitrogen and oxygen atoms in total. The minimum Gasteiger partial charge on any atom is -0.166 e. The third kappa shape index (κ3) is 4.42. The van der Waals surface area contributed by atoms with Gasteiger partial charge in [0, 0.05) is 5.57 Å². The van der Waals surface area contributed by atoms with Gasteiger partial charge >= 0.3 is 6.18 Å². The summed E-state index contributed by atoms with van der Waals surface area (Å²) in [4.78, 5) is 0. The highest BCUT2D eigenvalue weighted by molar-refractivity contribution is 5.17.